The summed E-state index contributed by atoms with van der Waals surface area (Å²) in [5.74, 6) is 0.835. The SMILES string of the molecule is Cc1ccnc(N(C)C2CCN(Cc3ccc(C(C)(C)C)cc3)C2)n1. The van der Waals surface area contributed by atoms with Crippen molar-refractivity contribution in [3.8, 4) is 0 Å². The highest BCUT2D eigenvalue weighted by Gasteiger charge is 2.27. The summed E-state index contributed by atoms with van der Waals surface area (Å²) in [6, 6.07) is 11.5. The molecule has 1 aromatic heterocycles. The molecule has 25 heavy (non-hydrogen) atoms. The van der Waals surface area contributed by atoms with E-state index >= 15 is 0 Å². The monoisotopic (exact) mass is 338 g/mol. The predicted molar refractivity (Wildman–Crippen MR) is 104 cm³/mol. The number of aromatic nitrogens is 2. The van der Waals surface area contributed by atoms with E-state index in [4.69, 9.17) is 0 Å². The van der Waals surface area contributed by atoms with E-state index in [1.807, 2.05) is 19.2 Å². The lowest BCUT2D eigenvalue weighted by Crippen LogP contribution is -2.35. The van der Waals surface area contributed by atoms with Crippen LogP contribution in [0.5, 0.6) is 0 Å². The zero-order valence-electron chi connectivity index (χ0n) is 16.2. The number of likely N-dealkylation sites (N-methyl/N-ethyl adjacent to an activating group) is 1. The third kappa shape index (κ3) is 4.37. The topological polar surface area (TPSA) is 32.3 Å². The molecular weight excluding hydrogens is 308 g/mol. The van der Waals surface area contributed by atoms with Gasteiger partial charge in [-0.15, -0.1) is 0 Å². The minimum Gasteiger partial charge on any atom is -0.340 e. The molecule has 1 unspecified atom stereocenters. The van der Waals surface area contributed by atoms with Crippen LogP contribution in [-0.4, -0.2) is 41.0 Å². The molecular formula is C21H30N4. The normalized spacial score (nSPS) is 18.5. The van der Waals surface area contributed by atoms with Gasteiger partial charge in [0, 0.05) is 44.6 Å². The molecule has 2 heterocycles. The van der Waals surface area contributed by atoms with Gasteiger partial charge in [0.05, 0.1) is 0 Å². The van der Waals surface area contributed by atoms with E-state index in [1.165, 1.54) is 11.1 Å². The van der Waals surface area contributed by atoms with E-state index in [0.717, 1.165) is 37.7 Å². The van der Waals surface area contributed by atoms with E-state index in [-0.39, 0.29) is 5.41 Å². The molecule has 0 radical (unpaired) electrons. The molecule has 1 saturated heterocycles. The van der Waals surface area contributed by atoms with Crippen molar-refractivity contribution in [1.82, 2.24) is 14.9 Å². The fraction of sp³-hybridized carbons (Fsp3) is 0.524. The average molecular weight is 338 g/mol. The molecule has 4 nitrogen and oxygen atoms in total. The molecule has 0 N–H and O–H groups in total. The Morgan fingerprint density at radius 2 is 1.88 bits per heavy atom. The van der Waals surface area contributed by atoms with E-state index in [2.05, 4.69) is 71.9 Å². The Morgan fingerprint density at radius 1 is 1.16 bits per heavy atom. The molecule has 0 amide bonds. The van der Waals surface area contributed by atoms with Gasteiger partial charge in [0.25, 0.3) is 0 Å². The number of likely N-dealkylation sites (tertiary alicyclic amines) is 1. The maximum atomic E-state index is 4.56. The standard InChI is InChI=1S/C21H30N4/c1-16-10-12-22-20(23-16)24(5)19-11-13-25(15-19)14-17-6-8-18(9-7-17)21(2,3)4/h6-10,12,19H,11,13-15H2,1-5H3. The summed E-state index contributed by atoms with van der Waals surface area (Å²) >= 11 is 0. The second-order valence-electron chi connectivity index (χ2n) is 8.23. The molecule has 1 aliphatic heterocycles. The number of nitrogens with zero attached hydrogens (tertiary/aromatic N) is 4. The fourth-order valence-electron chi connectivity index (χ4n) is 3.41. The minimum atomic E-state index is 0.216. The van der Waals surface area contributed by atoms with Crippen molar-refractivity contribution >= 4 is 5.95 Å². The first-order chi connectivity index (χ1) is 11.8. The van der Waals surface area contributed by atoms with Gasteiger partial charge in [-0.1, -0.05) is 45.0 Å². The van der Waals surface area contributed by atoms with Gasteiger partial charge < -0.3 is 4.90 Å². The summed E-state index contributed by atoms with van der Waals surface area (Å²) in [5, 5.41) is 0. The Bertz CT molecular complexity index is 703. The van der Waals surface area contributed by atoms with Crippen molar-refractivity contribution in [2.45, 2.75) is 52.1 Å². The quantitative estimate of drug-likeness (QED) is 0.849. The largest absolute Gasteiger partial charge is 0.340 e. The first-order valence-corrected chi connectivity index (χ1v) is 9.17. The van der Waals surface area contributed by atoms with E-state index in [9.17, 15) is 0 Å². The maximum Gasteiger partial charge on any atom is 0.225 e. The first kappa shape index (κ1) is 17.9. The van der Waals surface area contributed by atoms with Crippen LogP contribution in [-0.2, 0) is 12.0 Å². The van der Waals surface area contributed by atoms with Gasteiger partial charge in [-0.3, -0.25) is 4.90 Å². The molecule has 0 bridgehead atoms. The van der Waals surface area contributed by atoms with Crippen molar-refractivity contribution in [3.63, 3.8) is 0 Å². The first-order valence-electron chi connectivity index (χ1n) is 9.17. The average Bonchev–Trinajstić information content (AvgIpc) is 3.02. The third-order valence-corrected chi connectivity index (χ3v) is 5.12. The second kappa shape index (κ2) is 7.12. The predicted octanol–water partition coefficient (Wildman–Crippen LogP) is 3.79. The summed E-state index contributed by atoms with van der Waals surface area (Å²) in [6.45, 7) is 12.0. The van der Waals surface area contributed by atoms with E-state index < -0.39 is 0 Å². The summed E-state index contributed by atoms with van der Waals surface area (Å²) < 4.78 is 0. The third-order valence-electron chi connectivity index (χ3n) is 5.12. The number of hydrogen-bond donors (Lipinski definition) is 0. The molecule has 1 aromatic carbocycles. The number of aryl methyl sites for hydroxylation is 1. The molecule has 3 rings (SSSR count). The molecule has 134 valence electrons. The Hall–Kier alpha value is -1.94. The number of benzene rings is 1. The lowest BCUT2D eigenvalue weighted by atomic mass is 9.87. The van der Waals surface area contributed by atoms with Crippen LogP contribution in [0.4, 0.5) is 5.95 Å². The summed E-state index contributed by atoms with van der Waals surface area (Å²) in [5.41, 5.74) is 4.02. The van der Waals surface area contributed by atoms with Gasteiger partial charge >= 0.3 is 0 Å². The zero-order chi connectivity index (χ0) is 18.0. The number of anilines is 1. The Morgan fingerprint density at radius 3 is 2.52 bits per heavy atom. The van der Waals surface area contributed by atoms with Gasteiger partial charge in [-0.25, -0.2) is 9.97 Å². The number of hydrogen-bond acceptors (Lipinski definition) is 4. The van der Waals surface area contributed by atoms with Crippen molar-refractivity contribution in [2.24, 2.45) is 0 Å². The van der Waals surface area contributed by atoms with Crippen LogP contribution in [0.25, 0.3) is 0 Å². The van der Waals surface area contributed by atoms with Gasteiger partial charge in [0.2, 0.25) is 5.95 Å². The van der Waals surface area contributed by atoms with Crippen LogP contribution >= 0.6 is 0 Å². The molecule has 2 aromatic rings. The fourth-order valence-corrected chi connectivity index (χ4v) is 3.41. The zero-order valence-corrected chi connectivity index (χ0v) is 16.2. The molecule has 1 aliphatic rings. The Balaban J connectivity index is 1.59. The van der Waals surface area contributed by atoms with Crippen molar-refractivity contribution in [1.29, 1.82) is 0 Å². The van der Waals surface area contributed by atoms with Crippen LogP contribution in [0, 0.1) is 6.92 Å². The molecule has 4 heteroatoms. The Labute approximate surface area is 151 Å². The van der Waals surface area contributed by atoms with Crippen molar-refractivity contribution in [2.75, 3.05) is 25.0 Å². The lowest BCUT2D eigenvalue weighted by Gasteiger charge is -2.25. The molecule has 0 saturated carbocycles. The van der Waals surface area contributed by atoms with Crippen LogP contribution < -0.4 is 4.90 Å². The maximum absolute atomic E-state index is 4.56. The van der Waals surface area contributed by atoms with Crippen LogP contribution in [0.2, 0.25) is 0 Å². The van der Waals surface area contributed by atoms with Gasteiger partial charge in [0.15, 0.2) is 0 Å². The van der Waals surface area contributed by atoms with E-state index in [1.54, 1.807) is 0 Å². The number of rotatable bonds is 4. The summed E-state index contributed by atoms with van der Waals surface area (Å²) in [6.07, 6.45) is 3.01. The lowest BCUT2D eigenvalue weighted by molar-refractivity contribution is 0.325. The van der Waals surface area contributed by atoms with Crippen LogP contribution in [0.3, 0.4) is 0 Å². The smallest absolute Gasteiger partial charge is 0.225 e. The molecule has 0 aliphatic carbocycles. The van der Waals surface area contributed by atoms with Crippen molar-refractivity contribution < 1.29 is 0 Å². The highest BCUT2D eigenvalue weighted by molar-refractivity contribution is 5.31. The highest BCUT2D eigenvalue weighted by Crippen LogP contribution is 2.24. The molecule has 1 fully saturated rings. The summed E-state index contributed by atoms with van der Waals surface area (Å²) in [4.78, 5) is 13.7. The van der Waals surface area contributed by atoms with Gasteiger partial charge in [0.1, 0.15) is 0 Å². The molecule has 1 atom stereocenters. The van der Waals surface area contributed by atoms with Crippen molar-refractivity contribution in [3.05, 3.63) is 53.3 Å². The van der Waals surface area contributed by atoms with Crippen LogP contribution in [0.1, 0.15) is 44.0 Å². The molecule has 0 spiro atoms. The van der Waals surface area contributed by atoms with Gasteiger partial charge in [-0.2, -0.15) is 0 Å². The highest BCUT2D eigenvalue weighted by atomic mass is 15.3. The van der Waals surface area contributed by atoms with Gasteiger partial charge in [-0.05, 0) is 36.0 Å². The van der Waals surface area contributed by atoms with Crippen LogP contribution in [0.15, 0.2) is 36.5 Å². The van der Waals surface area contributed by atoms with E-state index in [0.29, 0.717) is 6.04 Å². The Kier molecular flexibility index (Phi) is 5.09. The summed E-state index contributed by atoms with van der Waals surface area (Å²) in [7, 11) is 2.11. The minimum absolute atomic E-state index is 0.216. The second-order valence-corrected chi connectivity index (χ2v) is 8.23.